The van der Waals surface area contributed by atoms with E-state index in [0.29, 0.717) is 12.8 Å². The predicted molar refractivity (Wildman–Crippen MR) is 344 cm³/mol. The normalized spacial score (nSPS) is 12.5. The molecule has 0 aromatic rings. The van der Waals surface area contributed by atoms with Crippen LogP contribution < -0.4 is 0 Å². The van der Waals surface area contributed by atoms with Crippen molar-refractivity contribution in [2.45, 2.75) is 361 Å². The molecule has 0 aromatic heterocycles. The maximum Gasteiger partial charge on any atom is 0.309 e. The number of carbonyl (C=O) groups is 3. The molecule has 6 heteroatoms. The van der Waals surface area contributed by atoms with Gasteiger partial charge >= 0.3 is 17.9 Å². The Balaban J connectivity index is 4.34. The molecule has 79 heavy (non-hydrogen) atoms. The van der Waals surface area contributed by atoms with Crippen LogP contribution in [0, 0.1) is 0 Å². The van der Waals surface area contributed by atoms with Gasteiger partial charge in [-0.25, -0.2) is 0 Å². The second kappa shape index (κ2) is 67.4. The minimum atomic E-state index is -0.815. The number of ether oxygens (including phenoxy) is 3. The summed E-state index contributed by atoms with van der Waals surface area (Å²) in [5.74, 6) is -1.02. The van der Waals surface area contributed by atoms with Crippen LogP contribution in [-0.4, -0.2) is 37.2 Å². The van der Waals surface area contributed by atoms with Crippen molar-refractivity contribution in [2.24, 2.45) is 0 Å². The van der Waals surface area contributed by atoms with E-state index in [4.69, 9.17) is 14.2 Å². The van der Waals surface area contributed by atoms with Crippen LogP contribution in [-0.2, 0) is 28.6 Å². The summed E-state index contributed by atoms with van der Waals surface area (Å²) in [6, 6.07) is 0. The monoisotopic (exact) mass is 1100 g/mol. The average molecular weight is 1100 g/mol. The van der Waals surface area contributed by atoms with Crippen LogP contribution in [0.5, 0.6) is 0 Å². The molecule has 0 amide bonds. The molecule has 458 valence electrons. The van der Waals surface area contributed by atoms with Crippen molar-refractivity contribution in [1.82, 2.24) is 0 Å². The maximum absolute atomic E-state index is 12.9. The van der Waals surface area contributed by atoms with Gasteiger partial charge in [0, 0.05) is 12.8 Å². The van der Waals surface area contributed by atoms with E-state index in [1.165, 1.54) is 244 Å². The summed E-state index contributed by atoms with van der Waals surface area (Å²) in [6.07, 6.45) is 88.2. The number of carbonyl (C=O) groups excluding carboxylic acids is 3. The van der Waals surface area contributed by atoms with Gasteiger partial charge in [0.05, 0.1) is 6.42 Å². The molecule has 0 rings (SSSR count). The fourth-order valence-corrected chi connectivity index (χ4v) is 10.1. The summed E-state index contributed by atoms with van der Waals surface area (Å²) in [5, 5.41) is 0. The number of hydrogen-bond donors (Lipinski definition) is 0. The Hall–Kier alpha value is -3.15. The fourth-order valence-electron chi connectivity index (χ4n) is 10.1. The summed E-state index contributed by atoms with van der Waals surface area (Å²) in [6.45, 7) is 6.50. The number of esters is 3. The molecule has 0 aliphatic carbocycles. The molecule has 0 N–H and O–H groups in total. The molecular weight excluding hydrogens is 973 g/mol. The van der Waals surface area contributed by atoms with Crippen molar-refractivity contribution < 1.29 is 28.6 Å². The van der Waals surface area contributed by atoms with E-state index in [1.807, 2.05) is 12.2 Å². The summed E-state index contributed by atoms with van der Waals surface area (Å²) >= 11 is 0. The molecule has 0 heterocycles. The minimum absolute atomic E-state index is 0.102. The van der Waals surface area contributed by atoms with Crippen LogP contribution in [0.2, 0.25) is 0 Å². The predicted octanol–water partition coefficient (Wildman–Crippen LogP) is 23.7. The van der Waals surface area contributed by atoms with E-state index in [1.54, 1.807) is 0 Å². The van der Waals surface area contributed by atoms with Gasteiger partial charge in [-0.3, -0.25) is 14.4 Å². The van der Waals surface area contributed by atoms with E-state index in [2.05, 4.69) is 81.5 Å². The lowest BCUT2D eigenvalue weighted by molar-refractivity contribution is -0.166. The lowest BCUT2D eigenvalue weighted by atomic mass is 10.0. The van der Waals surface area contributed by atoms with Gasteiger partial charge in [-0.15, -0.1) is 0 Å². The molecule has 0 spiro atoms. The van der Waals surface area contributed by atoms with Gasteiger partial charge in [0.1, 0.15) is 13.2 Å². The minimum Gasteiger partial charge on any atom is -0.462 e. The standard InChI is InChI=1S/C73H130O6/c1-4-7-10-13-16-19-22-25-28-30-32-34-35-36-37-39-40-42-45-48-51-54-57-60-63-66-72(75)78-69-70(68-77-71(74)65-62-59-56-53-50-47-44-27-24-21-18-15-12-9-6-3)79-73(76)67-64-61-58-55-52-49-46-43-41-38-33-31-29-26-23-20-17-14-11-8-5-2/h9,12,18,21,27,30,32,44,50,53,59,62,70H,4-8,10-11,13-17,19-20,22-26,28-29,31,33-43,45-49,51-52,54-58,60-61,63-69H2,1-3H3/b12-9-,21-18-,32-30-,44-27-,53-50-,62-59-. The topological polar surface area (TPSA) is 78.9 Å². The molecule has 0 radical (unpaired) electrons. The van der Waals surface area contributed by atoms with Gasteiger partial charge in [0.2, 0.25) is 0 Å². The molecule has 0 bridgehead atoms. The highest BCUT2D eigenvalue weighted by atomic mass is 16.6. The highest BCUT2D eigenvalue weighted by Crippen LogP contribution is 2.18. The Morgan fingerprint density at radius 1 is 0.278 bits per heavy atom. The fraction of sp³-hybridized carbons (Fsp3) is 0.795. The zero-order valence-electron chi connectivity index (χ0n) is 52.6. The van der Waals surface area contributed by atoms with Crippen molar-refractivity contribution in [3.05, 3.63) is 72.9 Å². The van der Waals surface area contributed by atoms with Gasteiger partial charge in [0.15, 0.2) is 6.10 Å². The van der Waals surface area contributed by atoms with Crippen molar-refractivity contribution >= 4 is 17.9 Å². The highest BCUT2D eigenvalue weighted by Gasteiger charge is 2.19. The zero-order valence-corrected chi connectivity index (χ0v) is 52.6. The molecule has 0 fully saturated rings. The van der Waals surface area contributed by atoms with E-state index in [9.17, 15) is 14.4 Å². The van der Waals surface area contributed by atoms with E-state index in [-0.39, 0.29) is 31.6 Å². The maximum atomic E-state index is 12.9. The third-order valence-electron chi connectivity index (χ3n) is 15.2. The number of rotatable bonds is 63. The molecular formula is C73H130O6. The van der Waals surface area contributed by atoms with Crippen LogP contribution in [0.15, 0.2) is 72.9 Å². The quantitative estimate of drug-likeness (QED) is 0.0261. The third-order valence-corrected chi connectivity index (χ3v) is 15.2. The van der Waals surface area contributed by atoms with E-state index >= 15 is 0 Å². The van der Waals surface area contributed by atoms with Crippen molar-refractivity contribution in [3.63, 3.8) is 0 Å². The van der Waals surface area contributed by atoms with Crippen molar-refractivity contribution in [3.8, 4) is 0 Å². The first-order chi connectivity index (χ1) is 39.0. The Labute approximate surface area is 491 Å². The van der Waals surface area contributed by atoms with Crippen LogP contribution >= 0.6 is 0 Å². The van der Waals surface area contributed by atoms with Gasteiger partial charge in [0.25, 0.3) is 0 Å². The van der Waals surface area contributed by atoms with Crippen LogP contribution in [0.3, 0.4) is 0 Å². The molecule has 1 atom stereocenters. The summed E-state index contributed by atoms with van der Waals surface area (Å²) < 4.78 is 16.9. The van der Waals surface area contributed by atoms with Gasteiger partial charge in [-0.2, -0.15) is 0 Å². The average Bonchev–Trinajstić information content (AvgIpc) is 3.45. The third kappa shape index (κ3) is 65.5. The van der Waals surface area contributed by atoms with Gasteiger partial charge in [-0.1, -0.05) is 338 Å². The largest absolute Gasteiger partial charge is 0.462 e. The lowest BCUT2D eigenvalue weighted by Crippen LogP contribution is -2.30. The molecule has 0 saturated carbocycles. The number of hydrogen-bond acceptors (Lipinski definition) is 6. The van der Waals surface area contributed by atoms with Gasteiger partial charge in [-0.05, 0) is 70.6 Å². The van der Waals surface area contributed by atoms with Gasteiger partial charge < -0.3 is 14.2 Å². The van der Waals surface area contributed by atoms with Crippen molar-refractivity contribution in [1.29, 1.82) is 0 Å². The number of unbranched alkanes of at least 4 members (excludes halogenated alkanes) is 41. The first-order valence-corrected chi connectivity index (χ1v) is 34.4. The molecule has 6 nitrogen and oxygen atoms in total. The molecule has 0 saturated heterocycles. The zero-order chi connectivity index (χ0) is 57.1. The Kier molecular flexibility index (Phi) is 64.7. The Morgan fingerprint density at radius 3 is 0.873 bits per heavy atom. The lowest BCUT2D eigenvalue weighted by Gasteiger charge is -2.18. The second-order valence-electron chi connectivity index (χ2n) is 23.1. The summed E-state index contributed by atoms with van der Waals surface area (Å²) in [5.41, 5.74) is 0. The van der Waals surface area contributed by atoms with E-state index < -0.39 is 12.1 Å². The Morgan fingerprint density at radius 2 is 0.544 bits per heavy atom. The van der Waals surface area contributed by atoms with Crippen molar-refractivity contribution in [2.75, 3.05) is 13.2 Å². The molecule has 0 aliphatic heterocycles. The molecule has 0 aliphatic rings. The summed E-state index contributed by atoms with van der Waals surface area (Å²) in [7, 11) is 0. The van der Waals surface area contributed by atoms with E-state index in [0.717, 1.165) is 70.6 Å². The highest BCUT2D eigenvalue weighted by molar-refractivity contribution is 5.72. The second-order valence-corrected chi connectivity index (χ2v) is 23.1. The van der Waals surface area contributed by atoms with Crippen LogP contribution in [0.25, 0.3) is 0 Å². The molecule has 1 unspecified atom stereocenters. The number of allylic oxidation sites excluding steroid dienone is 11. The smallest absolute Gasteiger partial charge is 0.309 e. The summed E-state index contributed by atoms with van der Waals surface area (Å²) in [4.78, 5) is 38.3. The van der Waals surface area contributed by atoms with Crippen LogP contribution in [0.4, 0.5) is 0 Å². The SMILES string of the molecule is CC/C=C\C/C=C\C/C=C\C/C=C\C/C=C\CC(=O)OCC(COC(=O)CCCCCCCCCCCCCCC/C=C\CCCCCCCCCC)OC(=O)CCCCCCCCCCCCCCCCCCCCCCC. The first kappa shape index (κ1) is 75.8. The first-order valence-electron chi connectivity index (χ1n) is 34.4. The van der Waals surface area contributed by atoms with Crippen LogP contribution in [0.1, 0.15) is 355 Å². The molecule has 0 aromatic carbocycles. The Bertz CT molecular complexity index is 1450.